The van der Waals surface area contributed by atoms with E-state index in [1.807, 2.05) is 36.4 Å². The molecular weight excluding hydrogens is 336 g/mol. The molecule has 6 heteroatoms. The molecule has 0 bridgehead atoms. The number of para-hydroxylation sites is 1. The monoisotopic (exact) mass is 360 g/mol. The number of nitrogens with zero attached hydrogens (tertiary/aromatic N) is 2. The molecule has 0 saturated carbocycles. The normalized spacial score (nSPS) is 11.1. The Morgan fingerprint density at radius 1 is 0.960 bits per heavy atom. The van der Waals surface area contributed by atoms with E-state index < -0.39 is 10.0 Å². The van der Waals surface area contributed by atoms with Crippen molar-refractivity contribution in [2.24, 2.45) is 0 Å². The van der Waals surface area contributed by atoms with Gasteiger partial charge < -0.3 is 4.90 Å². The fourth-order valence-electron chi connectivity index (χ4n) is 2.59. The van der Waals surface area contributed by atoms with Crippen LogP contribution in [-0.2, 0) is 21.4 Å². The Labute approximate surface area is 149 Å². The fraction of sp³-hybridized carbons (Fsp3) is 0.316. The van der Waals surface area contributed by atoms with Crippen LogP contribution in [0.2, 0.25) is 0 Å². The van der Waals surface area contributed by atoms with E-state index in [0.717, 1.165) is 5.56 Å². The lowest BCUT2D eigenvalue weighted by atomic mass is 10.2. The molecule has 2 aromatic rings. The minimum Gasteiger partial charge on any atom is -0.341 e. The fourth-order valence-corrected chi connectivity index (χ4v) is 3.56. The molecule has 0 atom stereocenters. The number of benzene rings is 2. The Balaban J connectivity index is 1.90. The summed E-state index contributed by atoms with van der Waals surface area (Å²) in [5.74, 6) is 0.00497. The molecule has 0 saturated heterocycles. The first-order valence-electron chi connectivity index (χ1n) is 8.18. The van der Waals surface area contributed by atoms with Crippen molar-refractivity contribution in [1.29, 1.82) is 0 Å². The number of hydrogen-bond donors (Lipinski definition) is 0. The second kappa shape index (κ2) is 8.67. The minimum absolute atomic E-state index is 0.00497. The maximum Gasteiger partial charge on any atom is 0.232 e. The number of sulfonamides is 1. The summed E-state index contributed by atoms with van der Waals surface area (Å²) in [5.41, 5.74) is 1.69. The molecule has 0 spiro atoms. The van der Waals surface area contributed by atoms with Gasteiger partial charge in [0, 0.05) is 26.6 Å². The van der Waals surface area contributed by atoms with Crippen LogP contribution in [0.3, 0.4) is 0 Å². The van der Waals surface area contributed by atoms with Crippen molar-refractivity contribution in [3.05, 3.63) is 66.2 Å². The highest BCUT2D eigenvalue weighted by atomic mass is 32.2. The molecule has 0 aliphatic heterocycles. The van der Waals surface area contributed by atoms with Crippen LogP contribution in [0.25, 0.3) is 0 Å². The highest BCUT2D eigenvalue weighted by Crippen LogP contribution is 2.17. The van der Waals surface area contributed by atoms with Crippen LogP contribution in [0.15, 0.2) is 60.7 Å². The summed E-state index contributed by atoms with van der Waals surface area (Å²) in [5, 5.41) is 0. The van der Waals surface area contributed by atoms with Crippen LogP contribution in [0.4, 0.5) is 5.69 Å². The van der Waals surface area contributed by atoms with Gasteiger partial charge in [-0.05, 0) is 24.1 Å². The van der Waals surface area contributed by atoms with E-state index in [-0.39, 0.29) is 12.5 Å². The highest BCUT2D eigenvalue weighted by molar-refractivity contribution is 7.92. The standard InChI is InChI=1S/C19H24N2O3S/c1-20(16-17-10-5-3-6-11-17)19(22)14-9-15-21(25(2,23)24)18-12-7-4-8-13-18/h3-8,10-13H,9,14-16H2,1-2H3. The highest BCUT2D eigenvalue weighted by Gasteiger charge is 2.18. The zero-order valence-electron chi connectivity index (χ0n) is 14.6. The molecule has 0 aliphatic carbocycles. The number of hydrogen-bond acceptors (Lipinski definition) is 3. The number of amides is 1. The molecule has 0 heterocycles. The summed E-state index contributed by atoms with van der Waals surface area (Å²) in [6.45, 7) is 0.835. The molecule has 1 amide bonds. The third-order valence-corrected chi connectivity index (χ3v) is 5.08. The van der Waals surface area contributed by atoms with Gasteiger partial charge in [-0.15, -0.1) is 0 Å². The Hall–Kier alpha value is -2.34. The molecule has 0 aromatic heterocycles. The van der Waals surface area contributed by atoms with Gasteiger partial charge in [-0.1, -0.05) is 48.5 Å². The summed E-state index contributed by atoms with van der Waals surface area (Å²) in [6, 6.07) is 18.7. The molecule has 25 heavy (non-hydrogen) atoms. The van der Waals surface area contributed by atoms with E-state index in [4.69, 9.17) is 0 Å². The predicted octanol–water partition coefficient (Wildman–Crippen LogP) is 2.89. The minimum atomic E-state index is -3.38. The second-order valence-corrected chi connectivity index (χ2v) is 7.92. The van der Waals surface area contributed by atoms with E-state index >= 15 is 0 Å². The van der Waals surface area contributed by atoms with Gasteiger partial charge in [0.05, 0.1) is 11.9 Å². The number of rotatable bonds is 8. The molecule has 0 aliphatic rings. The van der Waals surface area contributed by atoms with Gasteiger partial charge in [0.25, 0.3) is 0 Å². The van der Waals surface area contributed by atoms with Crippen LogP contribution in [0.1, 0.15) is 18.4 Å². The predicted molar refractivity (Wildman–Crippen MR) is 101 cm³/mol. The summed E-state index contributed by atoms with van der Waals surface area (Å²) < 4.78 is 25.4. The Morgan fingerprint density at radius 3 is 2.08 bits per heavy atom. The van der Waals surface area contributed by atoms with Crippen molar-refractivity contribution in [3.63, 3.8) is 0 Å². The van der Waals surface area contributed by atoms with Gasteiger partial charge in [0.15, 0.2) is 0 Å². The van der Waals surface area contributed by atoms with Crippen molar-refractivity contribution < 1.29 is 13.2 Å². The molecule has 0 radical (unpaired) electrons. The van der Waals surface area contributed by atoms with Crippen LogP contribution in [0.5, 0.6) is 0 Å². The van der Waals surface area contributed by atoms with Gasteiger partial charge in [-0.25, -0.2) is 8.42 Å². The lowest BCUT2D eigenvalue weighted by Gasteiger charge is -2.23. The molecule has 0 N–H and O–H groups in total. The van der Waals surface area contributed by atoms with E-state index in [9.17, 15) is 13.2 Å². The Bertz CT molecular complexity index is 777. The van der Waals surface area contributed by atoms with Crippen LogP contribution in [-0.4, -0.2) is 39.1 Å². The Kier molecular flexibility index (Phi) is 6.58. The lowest BCUT2D eigenvalue weighted by molar-refractivity contribution is -0.130. The average molecular weight is 360 g/mol. The average Bonchev–Trinajstić information content (AvgIpc) is 2.59. The smallest absolute Gasteiger partial charge is 0.232 e. The molecule has 0 fully saturated rings. The third-order valence-electron chi connectivity index (χ3n) is 3.88. The van der Waals surface area contributed by atoms with Crippen molar-refractivity contribution in [3.8, 4) is 0 Å². The van der Waals surface area contributed by atoms with Gasteiger partial charge >= 0.3 is 0 Å². The van der Waals surface area contributed by atoms with Gasteiger partial charge in [-0.2, -0.15) is 0 Å². The molecule has 5 nitrogen and oxygen atoms in total. The van der Waals surface area contributed by atoms with Gasteiger partial charge in [0.2, 0.25) is 15.9 Å². The molecule has 2 rings (SSSR count). The second-order valence-electron chi connectivity index (χ2n) is 6.01. The van der Waals surface area contributed by atoms with Gasteiger partial charge in [0.1, 0.15) is 0 Å². The zero-order valence-corrected chi connectivity index (χ0v) is 15.4. The lowest BCUT2D eigenvalue weighted by Crippen LogP contribution is -2.32. The molecular formula is C19H24N2O3S. The SMILES string of the molecule is CN(Cc1ccccc1)C(=O)CCCN(c1ccccc1)S(C)(=O)=O. The largest absolute Gasteiger partial charge is 0.341 e. The number of anilines is 1. The van der Waals surface area contributed by atoms with Crippen molar-refractivity contribution in [2.75, 3.05) is 24.2 Å². The zero-order chi connectivity index (χ0) is 18.3. The first-order valence-corrected chi connectivity index (χ1v) is 10.0. The number of carbonyl (C=O) groups is 1. The summed E-state index contributed by atoms with van der Waals surface area (Å²) >= 11 is 0. The first-order chi connectivity index (χ1) is 11.9. The summed E-state index contributed by atoms with van der Waals surface area (Å²) in [7, 11) is -1.61. The quantitative estimate of drug-likeness (QED) is 0.727. The topological polar surface area (TPSA) is 57.7 Å². The van der Waals surface area contributed by atoms with Gasteiger partial charge in [-0.3, -0.25) is 9.10 Å². The molecule has 2 aromatic carbocycles. The van der Waals surface area contributed by atoms with Crippen molar-refractivity contribution in [1.82, 2.24) is 4.90 Å². The summed E-state index contributed by atoms with van der Waals surface area (Å²) in [6.07, 6.45) is 1.96. The maximum absolute atomic E-state index is 12.3. The Morgan fingerprint density at radius 2 is 1.52 bits per heavy atom. The van der Waals surface area contributed by atoms with Crippen molar-refractivity contribution >= 4 is 21.6 Å². The van der Waals surface area contributed by atoms with Crippen molar-refractivity contribution in [2.45, 2.75) is 19.4 Å². The first kappa shape index (κ1) is 19.0. The third kappa shape index (κ3) is 5.90. The summed E-state index contributed by atoms with van der Waals surface area (Å²) in [4.78, 5) is 13.9. The maximum atomic E-state index is 12.3. The van der Waals surface area contributed by atoms with E-state index in [2.05, 4.69) is 0 Å². The number of carbonyl (C=O) groups excluding carboxylic acids is 1. The van der Waals surface area contributed by atoms with Crippen LogP contribution < -0.4 is 4.31 Å². The van der Waals surface area contributed by atoms with E-state index in [0.29, 0.717) is 25.1 Å². The molecule has 0 unspecified atom stereocenters. The van der Waals surface area contributed by atoms with E-state index in [1.165, 1.54) is 10.6 Å². The molecule has 134 valence electrons. The van der Waals surface area contributed by atoms with E-state index in [1.54, 1.807) is 36.2 Å². The van der Waals surface area contributed by atoms with Crippen LogP contribution in [0, 0.1) is 0 Å². The van der Waals surface area contributed by atoms with Crippen LogP contribution >= 0.6 is 0 Å².